The zero-order valence-electron chi connectivity index (χ0n) is 17.0. The second-order valence-electron chi connectivity index (χ2n) is 6.88. The molecule has 2 aromatic rings. The summed E-state index contributed by atoms with van der Waals surface area (Å²) in [7, 11) is 3.57. The largest absolute Gasteiger partial charge is 0.495 e. The fraction of sp³-hybridized carbons (Fsp3) is 0.500. The van der Waals surface area contributed by atoms with Crippen molar-refractivity contribution in [2.24, 2.45) is 4.99 Å². The highest BCUT2D eigenvalue weighted by Gasteiger charge is 2.21. The molecule has 1 N–H and O–H groups in total. The van der Waals surface area contributed by atoms with Gasteiger partial charge in [-0.25, -0.2) is 4.98 Å². The number of aliphatic imine (C=N–C) groups is 1. The minimum Gasteiger partial charge on any atom is -0.495 e. The summed E-state index contributed by atoms with van der Waals surface area (Å²) in [5.41, 5.74) is 2.24. The molecule has 1 aromatic carbocycles. The molecule has 0 radical (unpaired) electrons. The summed E-state index contributed by atoms with van der Waals surface area (Å²) in [5.74, 6) is 2.35. The molecule has 0 spiro atoms. The van der Waals surface area contributed by atoms with Crippen molar-refractivity contribution >= 4 is 47.0 Å². The maximum Gasteiger partial charge on any atom is 0.194 e. The fourth-order valence-corrected chi connectivity index (χ4v) is 4.06. The van der Waals surface area contributed by atoms with Crippen molar-refractivity contribution in [1.29, 1.82) is 0 Å². The lowest BCUT2D eigenvalue weighted by Gasteiger charge is -2.38. The minimum atomic E-state index is 0. The summed E-state index contributed by atoms with van der Waals surface area (Å²) in [5, 5.41) is 6.78. The zero-order valence-corrected chi connectivity index (χ0v) is 20.2. The highest BCUT2D eigenvalue weighted by Crippen LogP contribution is 2.28. The predicted molar refractivity (Wildman–Crippen MR) is 129 cm³/mol. The number of aromatic nitrogens is 1. The SMILES string of the molecule is CN=C(NCc1csc(C(C)C)n1)N1CCN(c2ccccc2OC)CC1.I. The number of methoxy groups -OCH3 is 1. The highest BCUT2D eigenvalue weighted by atomic mass is 127. The van der Waals surface area contributed by atoms with Crippen LogP contribution in [0.15, 0.2) is 34.6 Å². The Bertz CT molecular complexity index is 771. The molecule has 2 heterocycles. The van der Waals surface area contributed by atoms with Crippen LogP contribution in [0.3, 0.4) is 0 Å². The number of guanidine groups is 1. The summed E-state index contributed by atoms with van der Waals surface area (Å²) in [6.07, 6.45) is 0. The van der Waals surface area contributed by atoms with Gasteiger partial charge in [-0.3, -0.25) is 4.99 Å². The highest BCUT2D eigenvalue weighted by molar-refractivity contribution is 14.0. The molecular weight excluding hydrogens is 485 g/mol. The average molecular weight is 515 g/mol. The van der Waals surface area contributed by atoms with Crippen molar-refractivity contribution in [2.75, 3.05) is 45.2 Å². The number of rotatable bonds is 5. The maximum atomic E-state index is 5.50. The summed E-state index contributed by atoms with van der Waals surface area (Å²) in [6.45, 7) is 8.79. The van der Waals surface area contributed by atoms with Gasteiger partial charge in [-0.2, -0.15) is 0 Å². The van der Waals surface area contributed by atoms with Gasteiger partial charge in [-0.05, 0) is 12.1 Å². The number of hydrogen-bond donors (Lipinski definition) is 1. The molecule has 0 unspecified atom stereocenters. The van der Waals surface area contributed by atoms with Gasteiger partial charge in [0.1, 0.15) is 5.75 Å². The van der Waals surface area contributed by atoms with Crippen LogP contribution in [0.25, 0.3) is 0 Å². The monoisotopic (exact) mass is 515 g/mol. The van der Waals surface area contributed by atoms with E-state index in [0.717, 1.165) is 49.3 Å². The van der Waals surface area contributed by atoms with Crippen molar-refractivity contribution in [3.05, 3.63) is 40.3 Å². The van der Waals surface area contributed by atoms with E-state index in [1.807, 2.05) is 19.2 Å². The van der Waals surface area contributed by atoms with E-state index in [1.54, 1.807) is 18.4 Å². The van der Waals surface area contributed by atoms with Crippen molar-refractivity contribution in [3.63, 3.8) is 0 Å². The lowest BCUT2D eigenvalue weighted by atomic mass is 10.2. The molecule has 154 valence electrons. The molecule has 1 aliphatic heterocycles. The first-order chi connectivity index (χ1) is 13.1. The molecule has 0 amide bonds. The Labute approximate surface area is 189 Å². The fourth-order valence-electron chi connectivity index (χ4n) is 3.22. The molecule has 0 atom stereocenters. The van der Waals surface area contributed by atoms with Crippen LogP contribution in [0, 0.1) is 0 Å². The van der Waals surface area contributed by atoms with Gasteiger partial charge in [0, 0.05) is 44.5 Å². The Morgan fingerprint density at radius 3 is 2.57 bits per heavy atom. The van der Waals surface area contributed by atoms with E-state index >= 15 is 0 Å². The van der Waals surface area contributed by atoms with Gasteiger partial charge in [0.25, 0.3) is 0 Å². The van der Waals surface area contributed by atoms with Crippen molar-refractivity contribution in [3.8, 4) is 5.75 Å². The first-order valence-corrected chi connectivity index (χ1v) is 10.3. The third kappa shape index (κ3) is 5.50. The van der Waals surface area contributed by atoms with Crippen LogP contribution in [-0.2, 0) is 6.54 Å². The molecule has 1 aromatic heterocycles. The summed E-state index contributed by atoms with van der Waals surface area (Å²) < 4.78 is 5.50. The lowest BCUT2D eigenvalue weighted by molar-refractivity contribution is 0.367. The van der Waals surface area contributed by atoms with Crippen molar-refractivity contribution in [1.82, 2.24) is 15.2 Å². The Morgan fingerprint density at radius 1 is 1.25 bits per heavy atom. The van der Waals surface area contributed by atoms with Gasteiger partial charge >= 0.3 is 0 Å². The number of nitrogens with one attached hydrogen (secondary N) is 1. The normalized spacial score (nSPS) is 14.8. The molecule has 28 heavy (non-hydrogen) atoms. The van der Waals surface area contributed by atoms with Gasteiger partial charge < -0.3 is 19.9 Å². The van der Waals surface area contributed by atoms with Crippen molar-refractivity contribution < 1.29 is 4.74 Å². The number of benzene rings is 1. The molecule has 0 bridgehead atoms. The minimum absolute atomic E-state index is 0. The first kappa shape index (κ1) is 22.7. The van der Waals surface area contributed by atoms with E-state index in [9.17, 15) is 0 Å². The quantitative estimate of drug-likeness (QED) is 0.373. The van der Waals surface area contributed by atoms with Crippen LogP contribution in [0.5, 0.6) is 5.75 Å². The third-order valence-corrected chi connectivity index (χ3v) is 5.90. The molecule has 6 nitrogen and oxygen atoms in total. The Hall–Kier alpha value is -1.55. The standard InChI is InChI=1S/C20H29N5OS.HI/c1-15(2)19-23-16(14-27-19)13-22-20(21-3)25-11-9-24(10-12-25)17-7-5-6-8-18(17)26-4;/h5-8,14-15H,9-13H2,1-4H3,(H,21,22);1H. The van der Waals surface area contributed by atoms with Gasteiger partial charge in [-0.15, -0.1) is 35.3 Å². The maximum absolute atomic E-state index is 5.50. The number of para-hydroxylation sites is 2. The zero-order chi connectivity index (χ0) is 19.2. The van der Waals surface area contributed by atoms with E-state index in [-0.39, 0.29) is 24.0 Å². The lowest BCUT2D eigenvalue weighted by Crippen LogP contribution is -2.52. The Morgan fingerprint density at radius 2 is 1.96 bits per heavy atom. The van der Waals surface area contributed by atoms with E-state index in [4.69, 9.17) is 9.72 Å². The summed E-state index contributed by atoms with van der Waals surface area (Å²) in [6, 6.07) is 8.20. The van der Waals surface area contributed by atoms with Crippen molar-refractivity contribution in [2.45, 2.75) is 26.3 Å². The van der Waals surface area contributed by atoms with Crippen LogP contribution >= 0.6 is 35.3 Å². The van der Waals surface area contributed by atoms with Gasteiger partial charge in [0.2, 0.25) is 0 Å². The molecule has 1 saturated heterocycles. The summed E-state index contributed by atoms with van der Waals surface area (Å²) in [4.78, 5) is 13.8. The number of nitrogens with zero attached hydrogens (tertiary/aromatic N) is 4. The second-order valence-corrected chi connectivity index (χ2v) is 7.77. The van der Waals surface area contributed by atoms with E-state index in [0.29, 0.717) is 12.5 Å². The van der Waals surface area contributed by atoms with Crippen LogP contribution in [0.1, 0.15) is 30.5 Å². The van der Waals surface area contributed by atoms with Crippen LogP contribution in [-0.4, -0.2) is 56.2 Å². The third-order valence-electron chi connectivity index (χ3n) is 4.71. The number of halogens is 1. The second kappa shape index (κ2) is 10.8. The van der Waals surface area contributed by atoms with Gasteiger partial charge in [0.15, 0.2) is 5.96 Å². The number of ether oxygens (including phenoxy) is 1. The Kier molecular flexibility index (Phi) is 8.81. The molecule has 8 heteroatoms. The summed E-state index contributed by atoms with van der Waals surface area (Å²) >= 11 is 1.73. The molecule has 1 aliphatic rings. The van der Waals surface area contributed by atoms with E-state index < -0.39 is 0 Å². The molecule has 1 fully saturated rings. The topological polar surface area (TPSA) is 53.0 Å². The Balaban J connectivity index is 0.00000280. The van der Waals surface area contributed by atoms with E-state index in [2.05, 4.69) is 51.5 Å². The number of thiazole rings is 1. The van der Waals surface area contributed by atoms with E-state index in [1.165, 1.54) is 5.01 Å². The number of piperazine rings is 1. The predicted octanol–water partition coefficient (Wildman–Crippen LogP) is 3.79. The van der Waals surface area contributed by atoms with Crippen LogP contribution in [0.2, 0.25) is 0 Å². The first-order valence-electron chi connectivity index (χ1n) is 9.40. The molecule has 3 rings (SSSR count). The average Bonchev–Trinajstić information content (AvgIpc) is 3.18. The molecule has 0 aliphatic carbocycles. The van der Waals surface area contributed by atoms with Crippen LogP contribution < -0.4 is 15.0 Å². The number of anilines is 1. The smallest absolute Gasteiger partial charge is 0.194 e. The van der Waals surface area contributed by atoms with Crippen LogP contribution in [0.4, 0.5) is 5.69 Å². The van der Waals surface area contributed by atoms with Gasteiger partial charge in [0.05, 0.1) is 30.0 Å². The molecule has 0 saturated carbocycles. The number of hydrogen-bond acceptors (Lipinski definition) is 5. The van der Waals surface area contributed by atoms with Gasteiger partial charge in [-0.1, -0.05) is 26.0 Å². The molecular formula is C20H30IN5OS.